The maximum absolute atomic E-state index is 13.8. The Balaban J connectivity index is 1.50. The van der Waals surface area contributed by atoms with E-state index in [1.165, 1.54) is 6.26 Å². The number of aromatic nitrogens is 4. The summed E-state index contributed by atoms with van der Waals surface area (Å²) >= 11 is 3.29. The number of halogens is 1. The molecule has 4 aromatic rings. The van der Waals surface area contributed by atoms with E-state index in [4.69, 9.17) is 14.2 Å². The van der Waals surface area contributed by atoms with E-state index in [1.807, 2.05) is 38.1 Å². The number of hydrogen-bond donors (Lipinski definition) is 0. The molecule has 0 fully saturated rings. The van der Waals surface area contributed by atoms with E-state index < -0.39 is 44.8 Å². The third-order valence-electron chi connectivity index (χ3n) is 7.14. The lowest BCUT2D eigenvalue weighted by Crippen LogP contribution is -2.41. The number of rotatable bonds is 11. The molecular weight excluding hydrogens is 773 g/mol. The Morgan fingerprint density at radius 1 is 1.16 bits per heavy atom. The Morgan fingerprint density at radius 3 is 2.55 bits per heavy atom. The highest BCUT2D eigenvalue weighted by atomic mass is 127. The molecule has 2 aromatic heterocycles. The van der Waals surface area contributed by atoms with Crippen molar-refractivity contribution < 1.29 is 28.9 Å². The Labute approximate surface area is 297 Å². The average Bonchev–Trinajstić information content (AvgIpc) is 3.63. The first kappa shape index (κ1) is 35.6. The summed E-state index contributed by atoms with van der Waals surface area (Å²) in [6.07, 6.45) is 1.85. The molecular formula is C31H32IN7O9S. The molecule has 5 rings (SSSR count). The van der Waals surface area contributed by atoms with Gasteiger partial charge in [0.25, 0.3) is 23.2 Å². The fourth-order valence-corrected chi connectivity index (χ4v) is 6.39. The van der Waals surface area contributed by atoms with Crippen LogP contribution in [0.1, 0.15) is 52.9 Å². The minimum Gasteiger partial charge on any atom is -0.454 e. The number of nitrogens with zero attached hydrogens (tertiary/aromatic N) is 7. The largest absolute Gasteiger partial charge is 0.454 e. The second-order valence-corrected chi connectivity index (χ2v) is 14.2. The molecule has 1 aliphatic rings. The Kier molecular flexibility index (Phi) is 10.5. The number of carbonyl (C=O) groups is 1. The van der Waals surface area contributed by atoms with Crippen LogP contribution in [-0.2, 0) is 20.8 Å². The minimum atomic E-state index is -0.807. The van der Waals surface area contributed by atoms with Crippen LogP contribution in [0.4, 0.5) is 16.2 Å². The van der Waals surface area contributed by atoms with Gasteiger partial charge in [-0.15, -0.1) is 0 Å². The number of fused-ring (bicyclic) bond motifs is 1. The molecule has 49 heavy (non-hydrogen) atoms. The number of benzene rings is 2. The number of non-ortho nitro benzene ring substituents is 1. The molecule has 1 atom stereocenters. The number of hydrogen-bond acceptors (Lipinski definition) is 12. The van der Waals surface area contributed by atoms with Crippen LogP contribution in [0.5, 0.6) is 0 Å². The maximum atomic E-state index is 13.8. The molecule has 3 heterocycles. The highest BCUT2D eigenvalue weighted by Gasteiger charge is 2.29. The SMILES string of the molecule is CC(C)N(CCCn1c(SC2=COC(c3ccccc3I)O2)nc2c(=O)n(-c3ccc([N+](=O)[O-])cc3[N+](=O)[O-])cnc21)C(=O)OC(C)(C)C. The van der Waals surface area contributed by atoms with E-state index in [1.54, 1.807) is 30.2 Å². The summed E-state index contributed by atoms with van der Waals surface area (Å²) in [5.41, 5.74) is -1.84. The zero-order valence-corrected chi connectivity index (χ0v) is 30.0. The van der Waals surface area contributed by atoms with E-state index >= 15 is 0 Å². The van der Waals surface area contributed by atoms with Crippen molar-refractivity contribution in [3.63, 3.8) is 0 Å². The normalized spacial score (nSPS) is 14.3. The Bertz CT molecular complexity index is 2020. The van der Waals surface area contributed by atoms with Crippen LogP contribution in [0.15, 0.2) is 70.1 Å². The van der Waals surface area contributed by atoms with Gasteiger partial charge in [0.2, 0.25) is 5.09 Å². The molecule has 0 spiro atoms. The van der Waals surface area contributed by atoms with Crippen molar-refractivity contribution in [3.05, 3.63) is 99.9 Å². The zero-order chi connectivity index (χ0) is 35.6. The molecule has 1 aliphatic heterocycles. The van der Waals surface area contributed by atoms with Crippen molar-refractivity contribution in [2.24, 2.45) is 0 Å². The molecule has 0 saturated carbocycles. The van der Waals surface area contributed by atoms with Crippen molar-refractivity contribution in [1.82, 2.24) is 24.0 Å². The minimum absolute atomic E-state index is 0.0980. The third kappa shape index (κ3) is 7.96. The number of aryl methyl sites for hydroxylation is 1. The van der Waals surface area contributed by atoms with E-state index in [0.29, 0.717) is 23.2 Å². The van der Waals surface area contributed by atoms with Crippen LogP contribution >= 0.6 is 34.4 Å². The zero-order valence-electron chi connectivity index (χ0n) is 27.1. The summed E-state index contributed by atoms with van der Waals surface area (Å²) in [5, 5.41) is 23.8. The van der Waals surface area contributed by atoms with Gasteiger partial charge >= 0.3 is 6.09 Å². The number of amides is 1. The molecule has 258 valence electrons. The predicted molar refractivity (Wildman–Crippen MR) is 187 cm³/mol. The summed E-state index contributed by atoms with van der Waals surface area (Å²) in [6.45, 7) is 9.73. The van der Waals surface area contributed by atoms with Gasteiger partial charge in [-0.25, -0.2) is 14.8 Å². The van der Waals surface area contributed by atoms with Gasteiger partial charge in [0.05, 0.1) is 15.9 Å². The highest BCUT2D eigenvalue weighted by molar-refractivity contribution is 14.1. The first-order valence-corrected chi connectivity index (χ1v) is 16.9. The number of ether oxygens (including phenoxy) is 3. The predicted octanol–water partition coefficient (Wildman–Crippen LogP) is 6.68. The smallest absolute Gasteiger partial charge is 0.410 e. The lowest BCUT2D eigenvalue weighted by atomic mass is 10.2. The fraction of sp³-hybridized carbons (Fsp3) is 0.355. The summed E-state index contributed by atoms with van der Waals surface area (Å²) in [6, 6.07) is 10.4. The Hall–Kier alpha value is -4.72. The van der Waals surface area contributed by atoms with Crippen molar-refractivity contribution in [3.8, 4) is 5.69 Å². The third-order valence-corrected chi connectivity index (χ3v) is 9.01. The van der Waals surface area contributed by atoms with Gasteiger partial charge in [-0.1, -0.05) is 18.2 Å². The molecule has 0 radical (unpaired) electrons. The number of nitro groups is 2. The molecule has 18 heteroatoms. The molecule has 1 amide bonds. The lowest BCUT2D eigenvalue weighted by Gasteiger charge is -2.30. The number of imidazole rings is 1. The Morgan fingerprint density at radius 2 is 1.90 bits per heavy atom. The van der Waals surface area contributed by atoms with Crippen molar-refractivity contribution in [2.45, 2.75) is 70.7 Å². The summed E-state index contributed by atoms with van der Waals surface area (Å²) in [5.74, 6) is 0. The quantitative estimate of drug-likeness (QED) is 0.0891. The maximum Gasteiger partial charge on any atom is 0.410 e. The monoisotopic (exact) mass is 805 g/mol. The molecule has 0 N–H and O–H groups in total. The lowest BCUT2D eigenvalue weighted by molar-refractivity contribution is -0.394. The topological polar surface area (TPSA) is 187 Å². The van der Waals surface area contributed by atoms with Crippen molar-refractivity contribution >= 4 is 63.0 Å². The number of thioether (sulfide) groups is 1. The molecule has 0 saturated heterocycles. The van der Waals surface area contributed by atoms with Gasteiger partial charge in [-0.05, 0) is 87.5 Å². The molecule has 0 aliphatic carbocycles. The van der Waals surface area contributed by atoms with Gasteiger partial charge in [-0.2, -0.15) is 0 Å². The van der Waals surface area contributed by atoms with Crippen molar-refractivity contribution in [1.29, 1.82) is 0 Å². The van der Waals surface area contributed by atoms with E-state index in [0.717, 1.165) is 50.0 Å². The summed E-state index contributed by atoms with van der Waals surface area (Å²) in [4.78, 5) is 58.9. The van der Waals surface area contributed by atoms with Crippen LogP contribution in [0, 0.1) is 23.8 Å². The van der Waals surface area contributed by atoms with Gasteiger partial charge in [-0.3, -0.25) is 29.6 Å². The van der Waals surface area contributed by atoms with Crippen LogP contribution in [0.2, 0.25) is 0 Å². The summed E-state index contributed by atoms with van der Waals surface area (Å²) < 4.78 is 21.0. The molecule has 2 aromatic carbocycles. The van der Waals surface area contributed by atoms with E-state index in [2.05, 4.69) is 32.6 Å². The van der Waals surface area contributed by atoms with Gasteiger partial charge in [0.15, 0.2) is 16.3 Å². The first-order valence-electron chi connectivity index (χ1n) is 15.0. The van der Waals surface area contributed by atoms with E-state index in [-0.39, 0.29) is 29.4 Å². The number of nitro benzene ring substituents is 2. The molecule has 1 unspecified atom stereocenters. The van der Waals surface area contributed by atoms with Gasteiger partial charge in [0.1, 0.15) is 23.9 Å². The van der Waals surface area contributed by atoms with Crippen LogP contribution in [0.3, 0.4) is 0 Å². The second-order valence-electron chi connectivity index (χ2n) is 12.1. The van der Waals surface area contributed by atoms with Gasteiger partial charge < -0.3 is 23.7 Å². The second kappa shape index (κ2) is 14.4. The highest BCUT2D eigenvalue weighted by Crippen LogP contribution is 2.39. The standard InChI is InChI=1S/C31H32IN7O9S/c1-18(2)35(30(41)48-31(3,4)5)13-8-14-36-26-25(34-29(36)49-24-16-46-28(47-24)20-9-6-7-10-21(20)32)27(40)37(17-33-26)22-12-11-19(38(42)43)15-23(22)39(44)45/h6-7,9-12,15-18,28H,8,13-14H2,1-5H3. The van der Waals surface area contributed by atoms with Crippen LogP contribution in [0.25, 0.3) is 16.9 Å². The van der Waals surface area contributed by atoms with Crippen LogP contribution in [-0.4, -0.2) is 58.1 Å². The van der Waals surface area contributed by atoms with Gasteiger partial charge in [0, 0.05) is 34.3 Å². The number of carbonyl (C=O) groups excluding carboxylic acids is 1. The molecule has 0 bridgehead atoms. The first-order chi connectivity index (χ1) is 23.1. The van der Waals surface area contributed by atoms with Crippen molar-refractivity contribution in [2.75, 3.05) is 6.54 Å². The summed E-state index contributed by atoms with van der Waals surface area (Å²) in [7, 11) is 0. The fourth-order valence-electron chi connectivity index (χ4n) is 4.90. The van der Waals surface area contributed by atoms with E-state index in [9.17, 15) is 29.8 Å². The van der Waals surface area contributed by atoms with Crippen LogP contribution < -0.4 is 5.56 Å². The average molecular weight is 806 g/mol. The molecule has 16 nitrogen and oxygen atoms in total.